The van der Waals surface area contributed by atoms with Crippen molar-refractivity contribution in [3.05, 3.63) is 47.9 Å². The summed E-state index contributed by atoms with van der Waals surface area (Å²) in [6, 6.07) is 6.35. The first kappa shape index (κ1) is 16.5. The van der Waals surface area contributed by atoms with E-state index < -0.39 is 0 Å². The second-order valence-electron chi connectivity index (χ2n) is 5.22. The molecule has 3 nitrogen and oxygen atoms in total. The monoisotopic (exact) mass is 317 g/mol. The topological polar surface area (TPSA) is 29.0 Å². The van der Waals surface area contributed by atoms with E-state index in [2.05, 4.69) is 30.4 Å². The van der Waals surface area contributed by atoms with E-state index in [1.165, 1.54) is 12.1 Å². The first-order valence-electron chi connectivity index (χ1n) is 7.06. The number of hydrogen-bond acceptors (Lipinski definition) is 4. The van der Waals surface area contributed by atoms with E-state index in [1.54, 1.807) is 30.2 Å². The maximum atomic E-state index is 13.2. The first-order chi connectivity index (χ1) is 10.5. The van der Waals surface area contributed by atoms with Gasteiger partial charge < -0.3 is 0 Å². The van der Waals surface area contributed by atoms with E-state index in [1.807, 2.05) is 17.6 Å². The lowest BCUT2D eigenvalue weighted by Gasteiger charge is -2.19. The van der Waals surface area contributed by atoms with Crippen LogP contribution in [0.25, 0.3) is 17.3 Å². The Morgan fingerprint density at radius 1 is 1.23 bits per heavy atom. The molecule has 0 aliphatic heterocycles. The number of benzene rings is 1. The van der Waals surface area contributed by atoms with Crippen LogP contribution in [-0.4, -0.2) is 23.3 Å². The number of halogens is 1. The van der Waals surface area contributed by atoms with Crippen LogP contribution in [0.1, 0.15) is 31.0 Å². The summed E-state index contributed by atoms with van der Waals surface area (Å²) in [5.74, 6) is 0.619. The van der Waals surface area contributed by atoms with Gasteiger partial charge in [0.15, 0.2) is 0 Å². The molecule has 0 unspecified atom stereocenters. The molecule has 1 aromatic heterocycles. The highest BCUT2D eigenvalue weighted by Gasteiger charge is 2.17. The molecule has 0 aliphatic carbocycles. The van der Waals surface area contributed by atoms with Crippen molar-refractivity contribution in [2.24, 2.45) is 0 Å². The summed E-state index contributed by atoms with van der Waals surface area (Å²) >= 11 is 1.54. The van der Waals surface area contributed by atoms with Gasteiger partial charge in [-0.1, -0.05) is 38.5 Å². The van der Waals surface area contributed by atoms with Crippen molar-refractivity contribution >= 4 is 24.0 Å². The molecule has 0 saturated carbocycles. The van der Waals surface area contributed by atoms with Crippen LogP contribution < -0.4 is 4.31 Å². The van der Waals surface area contributed by atoms with Crippen LogP contribution in [0, 0.1) is 5.82 Å². The average molecular weight is 317 g/mol. The number of aromatic nitrogens is 2. The normalized spacial score (nSPS) is 10.8. The lowest BCUT2D eigenvalue weighted by molar-refractivity contribution is 0.628. The molecule has 5 heteroatoms. The van der Waals surface area contributed by atoms with E-state index >= 15 is 0 Å². The van der Waals surface area contributed by atoms with Gasteiger partial charge in [0.2, 0.25) is 5.95 Å². The molecule has 0 spiro atoms. The van der Waals surface area contributed by atoms with Gasteiger partial charge in [-0.3, -0.25) is 4.31 Å². The SMILES string of the molecule is C=Cc1c(-c2ccc(F)cc2)nc(N(C)SC)nc1C(C)C. The lowest BCUT2D eigenvalue weighted by atomic mass is 9.98. The Bertz CT molecular complexity index is 668. The summed E-state index contributed by atoms with van der Waals surface area (Å²) in [5.41, 5.74) is 3.49. The highest BCUT2D eigenvalue weighted by molar-refractivity contribution is 7.99. The fourth-order valence-corrected chi connectivity index (χ4v) is 2.41. The zero-order chi connectivity index (χ0) is 16.3. The summed E-state index contributed by atoms with van der Waals surface area (Å²) in [4.78, 5) is 9.32. The highest BCUT2D eigenvalue weighted by Crippen LogP contribution is 2.31. The van der Waals surface area contributed by atoms with Gasteiger partial charge in [0, 0.05) is 24.4 Å². The van der Waals surface area contributed by atoms with Crippen LogP contribution in [0.15, 0.2) is 30.8 Å². The largest absolute Gasteiger partial charge is 0.288 e. The molecule has 0 bridgehead atoms. The summed E-state index contributed by atoms with van der Waals surface area (Å²) in [7, 11) is 1.92. The van der Waals surface area contributed by atoms with Gasteiger partial charge in [0.05, 0.1) is 11.4 Å². The molecule has 0 atom stereocenters. The van der Waals surface area contributed by atoms with Gasteiger partial charge in [-0.15, -0.1) is 0 Å². The third-order valence-electron chi connectivity index (χ3n) is 3.39. The van der Waals surface area contributed by atoms with E-state index in [9.17, 15) is 4.39 Å². The Labute approximate surface area is 135 Å². The van der Waals surface area contributed by atoms with Crippen LogP contribution in [0.5, 0.6) is 0 Å². The fourth-order valence-electron chi connectivity index (χ4n) is 2.17. The van der Waals surface area contributed by atoms with E-state index in [0.29, 0.717) is 5.95 Å². The maximum absolute atomic E-state index is 13.2. The average Bonchev–Trinajstić information content (AvgIpc) is 2.53. The van der Waals surface area contributed by atoms with Crippen molar-refractivity contribution in [3.63, 3.8) is 0 Å². The predicted octanol–water partition coefficient (Wildman–Crippen LogP) is 4.76. The van der Waals surface area contributed by atoms with Crippen LogP contribution in [0.4, 0.5) is 10.3 Å². The molecule has 2 aromatic rings. The minimum absolute atomic E-state index is 0.240. The van der Waals surface area contributed by atoms with Gasteiger partial charge in [0.25, 0.3) is 0 Å². The Hall–Kier alpha value is -1.88. The number of hydrogen-bond donors (Lipinski definition) is 0. The molecule has 116 valence electrons. The lowest BCUT2D eigenvalue weighted by Crippen LogP contribution is -2.13. The molecule has 0 fully saturated rings. The van der Waals surface area contributed by atoms with Gasteiger partial charge >= 0.3 is 0 Å². The second-order valence-corrected chi connectivity index (χ2v) is 6.13. The van der Waals surface area contributed by atoms with Crippen molar-refractivity contribution in [1.82, 2.24) is 9.97 Å². The highest BCUT2D eigenvalue weighted by atomic mass is 32.2. The molecule has 1 aromatic carbocycles. The maximum Gasteiger partial charge on any atom is 0.236 e. The Morgan fingerprint density at radius 2 is 1.86 bits per heavy atom. The van der Waals surface area contributed by atoms with Gasteiger partial charge in [-0.25, -0.2) is 14.4 Å². The number of rotatable bonds is 5. The molecular weight excluding hydrogens is 297 g/mol. The molecule has 22 heavy (non-hydrogen) atoms. The Balaban J connectivity index is 2.71. The molecular formula is C17H20FN3S. The summed E-state index contributed by atoms with van der Waals surface area (Å²) in [6.07, 6.45) is 3.74. The summed E-state index contributed by atoms with van der Waals surface area (Å²) in [6.45, 7) is 8.08. The van der Waals surface area contributed by atoms with Gasteiger partial charge in [0.1, 0.15) is 5.82 Å². The zero-order valence-corrected chi connectivity index (χ0v) is 14.1. The van der Waals surface area contributed by atoms with Crippen molar-refractivity contribution in [3.8, 4) is 11.3 Å². The van der Waals surface area contributed by atoms with E-state index in [4.69, 9.17) is 0 Å². The van der Waals surface area contributed by atoms with Crippen molar-refractivity contribution in [2.45, 2.75) is 19.8 Å². The standard InChI is InChI=1S/C17H20FN3S/c1-6-14-15(11(2)3)19-17(21(4)22-5)20-16(14)12-7-9-13(18)10-8-12/h6-11H,1H2,2-5H3. The Morgan fingerprint density at radius 3 is 2.36 bits per heavy atom. The summed E-state index contributed by atoms with van der Waals surface area (Å²) < 4.78 is 15.1. The Kier molecular flexibility index (Phi) is 5.19. The summed E-state index contributed by atoms with van der Waals surface area (Å²) in [5, 5.41) is 0. The molecule has 1 heterocycles. The third kappa shape index (κ3) is 3.30. The second kappa shape index (κ2) is 6.92. The predicted molar refractivity (Wildman–Crippen MR) is 93.5 cm³/mol. The van der Waals surface area contributed by atoms with Gasteiger partial charge in [-0.2, -0.15) is 0 Å². The molecule has 0 saturated heterocycles. The van der Waals surface area contributed by atoms with Crippen LogP contribution >= 0.6 is 11.9 Å². The van der Waals surface area contributed by atoms with E-state index in [0.717, 1.165) is 22.5 Å². The van der Waals surface area contributed by atoms with Crippen LogP contribution in [0.2, 0.25) is 0 Å². The van der Waals surface area contributed by atoms with Crippen molar-refractivity contribution in [1.29, 1.82) is 0 Å². The van der Waals surface area contributed by atoms with Crippen LogP contribution in [-0.2, 0) is 0 Å². The smallest absolute Gasteiger partial charge is 0.236 e. The third-order valence-corrected chi connectivity index (χ3v) is 4.10. The molecule has 0 amide bonds. The molecule has 0 N–H and O–H groups in total. The van der Waals surface area contributed by atoms with Crippen molar-refractivity contribution in [2.75, 3.05) is 17.6 Å². The number of nitrogens with zero attached hydrogens (tertiary/aromatic N) is 3. The van der Waals surface area contributed by atoms with Crippen LogP contribution in [0.3, 0.4) is 0 Å². The molecule has 0 radical (unpaired) electrons. The quantitative estimate of drug-likeness (QED) is 0.743. The first-order valence-corrected chi connectivity index (χ1v) is 8.24. The minimum atomic E-state index is -0.261. The molecule has 0 aliphatic rings. The van der Waals surface area contributed by atoms with E-state index in [-0.39, 0.29) is 11.7 Å². The van der Waals surface area contributed by atoms with Crippen molar-refractivity contribution < 1.29 is 4.39 Å². The molecule has 2 rings (SSSR count). The van der Waals surface area contributed by atoms with Gasteiger partial charge in [-0.05, 0) is 30.2 Å². The minimum Gasteiger partial charge on any atom is -0.288 e. The zero-order valence-electron chi connectivity index (χ0n) is 13.3. The number of anilines is 1. The fraction of sp³-hybridized carbons (Fsp3) is 0.294.